The summed E-state index contributed by atoms with van der Waals surface area (Å²) in [4.78, 5) is 34.3. The maximum atomic E-state index is 12.0. The molecule has 0 spiro atoms. The highest BCUT2D eigenvalue weighted by molar-refractivity contribution is 5.97. The third-order valence-electron chi connectivity index (χ3n) is 2.57. The Morgan fingerprint density at radius 2 is 1.95 bits per heavy atom. The number of carboxylic acids is 1. The Morgan fingerprint density at radius 1 is 1.33 bits per heavy atom. The van der Waals surface area contributed by atoms with E-state index in [1.807, 2.05) is 0 Å². The van der Waals surface area contributed by atoms with Crippen LogP contribution in [0.4, 0.5) is 0 Å². The number of amides is 1. The molecule has 0 heterocycles. The summed E-state index contributed by atoms with van der Waals surface area (Å²) in [5, 5.41) is 11.1. The van der Waals surface area contributed by atoms with E-state index >= 15 is 0 Å². The lowest BCUT2D eigenvalue weighted by Crippen LogP contribution is -2.43. The Kier molecular flexibility index (Phi) is 5.96. The molecule has 1 amide bonds. The first-order valence-corrected chi connectivity index (χ1v) is 6.24. The molecule has 0 radical (unpaired) electrons. The molecule has 0 saturated carbocycles. The van der Waals surface area contributed by atoms with Gasteiger partial charge in [-0.25, -0.2) is 4.79 Å². The number of hydrogen-bond donors (Lipinski definition) is 2. The normalized spacial score (nSPS) is 11.0. The molecule has 0 fully saturated rings. The Labute approximate surface area is 122 Å². The van der Waals surface area contributed by atoms with Crippen LogP contribution < -0.4 is 5.32 Å². The van der Waals surface area contributed by atoms with Crippen molar-refractivity contribution in [3.05, 3.63) is 35.4 Å². The smallest absolute Gasteiger partial charge is 0.329 e. The number of carboxylic acid groups (broad SMARTS) is 1. The minimum atomic E-state index is -1.23. The molecule has 1 unspecified atom stereocenters. The van der Waals surface area contributed by atoms with Crippen molar-refractivity contribution >= 4 is 17.8 Å². The van der Waals surface area contributed by atoms with E-state index in [1.54, 1.807) is 19.1 Å². The molecule has 0 aromatic heterocycles. The van der Waals surface area contributed by atoms with Crippen LogP contribution in [0.1, 0.15) is 29.3 Å². The van der Waals surface area contributed by atoms with Crippen LogP contribution in [0, 0.1) is 12.3 Å². The van der Waals surface area contributed by atoms with Gasteiger partial charge in [0.25, 0.3) is 5.91 Å². The summed E-state index contributed by atoms with van der Waals surface area (Å²) in [5.74, 6) is -0.156. The number of carbonyl (C=O) groups excluding carboxylic acids is 2. The minimum absolute atomic E-state index is 0.0989. The van der Waals surface area contributed by atoms with E-state index in [1.165, 1.54) is 12.1 Å². The van der Waals surface area contributed by atoms with Crippen molar-refractivity contribution < 1.29 is 24.2 Å². The topological polar surface area (TPSA) is 92.7 Å². The van der Waals surface area contributed by atoms with Crippen LogP contribution in [0.25, 0.3) is 0 Å². The van der Waals surface area contributed by atoms with Gasteiger partial charge in [-0.15, -0.1) is 6.42 Å². The first kappa shape index (κ1) is 16.2. The predicted molar refractivity (Wildman–Crippen MR) is 74.5 cm³/mol. The fourth-order valence-electron chi connectivity index (χ4n) is 1.57. The molecule has 0 aliphatic heterocycles. The SMILES string of the molecule is C#Cc1ccc(C(=O)NC(CC(=O)O)C(=O)OCC)cc1. The molecule has 0 aliphatic rings. The van der Waals surface area contributed by atoms with Gasteiger partial charge >= 0.3 is 11.9 Å². The van der Waals surface area contributed by atoms with E-state index in [-0.39, 0.29) is 12.2 Å². The summed E-state index contributed by atoms with van der Waals surface area (Å²) in [5.41, 5.74) is 0.882. The molecule has 1 atom stereocenters. The van der Waals surface area contributed by atoms with Gasteiger partial charge in [0.05, 0.1) is 13.0 Å². The van der Waals surface area contributed by atoms with Gasteiger partial charge in [0.1, 0.15) is 6.04 Å². The van der Waals surface area contributed by atoms with Gasteiger partial charge in [-0.05, 0) is 31.2 Å². The number of carbonyl (C=O) groups is 3. The second kappa shape index (κ2) is 7.70. The van der Waals surface area contributed by atoms with Gasteiger partial charge in [-0.2, -0.15) is 0 Å². The second-order valence-corrected chi connectivity index (χ2v) is 4.10. The van der Waals surface area contributed by atoms with Gasteiger partial charge < -0.3 is 15.2 Å². The van der Waals surface area contributed by atoms with Crippen molar-refractivity contribution in [2.75, 3.05) is 6.61 Å². The maximum absolute atomic E-state index is 12.0. The van der Waals surface area contributed by atoms with Crippen LogP contribution in [-0.4, -0.2) is 35.6 Å². The Hall–Kier alpha value is -2.81. The third-order valence-corrected chi connectivity index (χ3v) is 2.57. The molecule has 1 aromatic carbocycles. The average molecular weight is 289 g/mol. The fourth-order valence-corrected chi connectivity index (χ4v) is 1.57. The largest absolute Gasteiger partial charge is 0.481 e. The second-order valence-electron chi connectivity index (χ2n) is 4.10. The van der Waals surface area contributed by atoms with E-state index in [0.29, 0.717) is 5.56 Å². The highest BCUT2D eigenvalue weighted by Crippen LogP contribution is 2.05. The number of benzene rings is 1. The molecule has 0 bridgehead atoms. The van der Waals surface area contributed by atoms with E-state index in [2.05, 4.69) is 11.2 Å². The van der Waals surface area contributed by atoms with Crippen molar-refractivity contribution in [3.63, 3.8) is 0 Å². The van der Waals surface area contributed by atoms with E-state index < -0.39 is 30.3 Å². The number of aliphatic carboxylic acids is 1. The zero-order valence-corrected chi connectivity index (χ0v) is 11.5. The van der Waals surface area contributed by atoms with Gasteiger partial charge in [0.2, 0.25) is 0 Å². The third kappa shape index (κ3) is 4.99. The molecular weight excluding hydrogens is 274 g/mol. The van der Waals surface area contributed by atoms with Crippen LogP contribution >= 0.6 is 0 Å². The Bertz CT molecular complexity index is 571. The molecule has 2 N–H and O–H groups in total. The van der Waals surface area contributed by atoms with Crippen LogP contribution in [0.3, 0.4) is 0 Å². The highest BCUT2D eigenvalue weighted by atomic mass is 16.5. The van der Waals surface area contributed by atoms with Crippen LogP contribution in [0.2, 0.25) is 0 Å². The standard InChI is InChI=1S/C15H15NO5/c1-3-10-5-7-11(8-6-10)14(19)16-12(9-13(17)18)15(20)21-4-2/h1,5-8,12H,4,9H2,2H3,(H,16,19)(H,17,18). The summed E-state index contributed by atoms with van der Waals surface area (Å²) < 4.78 is 4.73. The average Bonchev–Trinajstić information content (AvgIpc) is 2.46. The summed E-state index contributed by atoms with van der Waals surface area (Å²) in [6, 6.07) is 4.90. The molecule has 0 aliphatic carbocycles. The van der Waals surface area contributed by atoms with E-state index in [4.69, 9.17) is 16.3 Å². The molecule has 6 nitrogen and oxygen atoms in total. The first-order valence-electron chi connectivity index (χ1n) is 6.24. The lowest BCUT2D eigenvalue weighted by Gasteiger charge is -2.15. The maximum Gasteiger partial charge on any atom is 0.329 e. The lowest BCUT2D eigenvalue weighted by molar-refractivity contribution is -0.149. The number of esters is 1. The number of ether oxygens (including phenoxy) is 1. The number of terminal acetylenes is 1. The van der Waals surface area contributed by atoms with E-state index in [0.717, 1.165) is 0 Å². The fraction of sp³-hybridized carbons (Fsp3) is 0.267. The predicted octanol–water partition coefficient (Wildman–Crippen LogP) is 0.804. The molecule has 0 saturated heterocycles. The Balaban J connectivity index is 2.81. The zero-order valence-electron chi connectivity index (χ0n) is 11.5. The zero-order chi connectivity index (χ0) is 15.8. The number of nitrogens with one attached hydrogen (secondary N) is 1. The number of hydrogen-bond acceptors (Lipinski definition) is 4. The van der Waals surface area contributed by atoms with Crippen LogP contribution in [0.15, 0.2) is 24.3 Å². The van der Waals surface area contributed by atoms with Gasteiger partial charge in [0, 0.05) is 11.1 Å². The van der Waals surface area contributed by atoms with Crippen molar-refractivity contribution in [2.24, 2.45) is 0 Å². The van der Waals surface area contributed by atoms with Crippen LogP contribution in [0.5, 0.6) is 0 Å². The van der Waals surface area contributed by atoms with Crippen molar-refractivity contribution in [1.82, 2.24) is 5.32 Å². The quantitative estimate of drug-likeness (QED) is 0.597. The van der Waals surface area contributed by atoms with Crippen LogP contribution in [-0.2, 0) is 14.3 Å². The first-order chi connectivity index (χ1) is 9.97. The van der Waals surface area contributed by atoms with Gasteiger partial charge in [0.15, 0.2) is 0 Å². The molecule has 1 aromatic rings. The number of rotatable bonds is 6. The highest BCUT2D eigenvalue weighted by Gasteiger charge is 2.25. The molecule has 110 valence electrons. The van der Waals surface area contributed by atoms with Crippen molar-refractivity contribution in [3.8, 4) is 12.3 Å². The molecule has 6 heteroatoms. The van der Waals surface area contributed by atoms with Crippen molar-refractivity contribution in [2.45, 2.75) is 19.4 Å². The summed E-state index contributed by atoms with van der Waals surface area (Å²) >= 11 is 0. The minimum Gasteiger partial charge on any atom is -0.481 e. The summed E-state index contributed by atoms with van der Waals surface area (Å²) in [6.07, 6.45) is 4.66. The lowest BCUT2D eigenvalue weighted by atomic mass is 10.1. The van der Waals surface area contributed by atoms with Crippen molar-refractivity contribution in [1.29, 1.82) is 0 Å². The van der Waals surface area contributed by atoms with E-state index in [9.17, 15) is 14.4 Å². The van der Waals surface area contributed by atoms with Gasteiger partial charge in [-0.3, -0.25) is 9.59 Å². The molecule has 21 heavy (non-hydrogen) atoms. The monoisotopic (exact) mass is 289 g/mol. The summed E-state index contributed by atoms with van der Waals surface area (Å²) in [6.45, 7) is 1.69. The molecular formula is C15H15NO5. The molecule has 1 rings (SSSR count). The summed E-state index contributed by atoms with van der Waals surface area (Å²) in [7, 11) is 0. The Morgan fingerprint density at radius 3 is 2.43 bits per heavy atom. The van der Waals surface area contributed by atoms with Gasteiger partial charge in [-0.1, -0.05) is 5.92 Å².